The third-order valence-electron chi connectivity index (χ3n) is 3.51. The van der Waals surface area contributed by atoms with Crippen molar-refractivity contribution in [3.05, 3.63) is 59.9 Å². The van der Waals surface area contributed by atoms with Crippen molar-refractivity contribution < 1.29 is 22.7 Å². The number of halogens is 1. The van der Waals surface area contributed by atoms with Crippen molar-refractivity contribution in [1.29, 1.82) is 0 Å². The molecule has 0 atom stereocenters. The number of hydrogen-bond acceptors (Lipinski definition) is 3. The minimum absolute atomic E-state index is 0.000845. The lowest BCUT2D eigenvalue weighted by Gasteiger charge is -2.26. The van der Waals surface area contributed by atoms with Gasteiger partial charge in [0.05, 0.1) is 10.6 Å². The van der Waals surface area contributed by atoms with Gasteiger partial charge >= 0.3 is 5.97 Å². The first kappa shape index (κ1) is 17.9. The molecular weight excluding hydrogens is 333 g/mol. The van der Waals surface area contributed by atoms with E-state index in [1.807, 2.05) is 13.8 Å². The zero-order valence-electron chi connectivity index (χ0n) is 13.3. The van der Waals surface area contributed by atoms with Crippen molar-refractivity contribution in [1.82, 2.24) is 0 Å². The first-order valence-corrected chi connectivity index (χ1v) is 8.76. The van der Waals surface area contributed by atoms with Crippen molar-refractivity contribution in [2.45, 2.75) is 24.7 Å². The maximum Gasteiger partial charge on any atom is 0.324 e. The zero-order chi connectivity index (χ0) is 17.9. The van der Waals surface area contributed by atoms with Crippen LogP contribution < -0.4 is 4.31 Å². The quantitative estimate of drug-likeness (QED) is 0.867. The molecule has 0 aromatic heterocycles. The van der Waals surface area contributed by atoms with Gasteiger partial charge in [-0.1, -0.05) is 32.0 Å². The summed E-state index contributed by atoms with van der Waals surface area (Å²) in [5.74, 6) is -1.85. The molecule has 128 valence electrons. The normalized spacial score (nSPS) is 11.5. The summed E-state index contributed by atoms with van der Waals surface area (Å²) in [5.41, 5.74) is 1.02. The second-order valence-corrected chi connectivity index (χ2v) is 7.44. The molecule has 1 N–H and O–H groups in total. The van der Waals surface area contributed by atoms with Gasteiger partial charge in [0.15, 0.2) is 0 Å². The van der Waals surface area contributed by atoms with E-state index < -0.39 is 28.4 Å². The van der Waals surface area contributed by atoms with Gasteiger partial charge in [0.1, 0.15) is 12.4 Å². The van der Waals surface area contributed by atoms with E-state index in [2.05, 4.69) is 0 Å². The Balaban J connectivity index is 2.61. The third kappa shape index (κ3) is 3.73. The van der Waals surface area contributed by atoms with Crippen LogP contribution in [0.5, 0.6) is 0 Å². The molecule has 0 amide bonds. The van der Waals surface area contributed by atoms with Crippen LogP contribution in [0.2, 0.25) is 0 Å². The number of benzene rings is 2. The second-order valence-electron chi connectivity index (χ2n) is 5.57. The van der Waals surface area contributed by atoms with Gasteiger partial charge in [0, 0.05) is 0 Å². The van der Waals surface area contributed by atoms with Crippen LogP contribution in [-0.4, -0.2) is 26.0 Å². The maximum absolute atomic E-state index is 13.1. The van der Waals surface area contributed by atoms with Crippen molar-refractivity contribution in [2.24, 2.45) is 0 Å². The summed E-state index contributed by atoms with van der Waals surface area (Å²) in [6.07, 6.45) is 0. The molecule has 0 bridgehead atoms. The second kappa shape index (κ2) is 7.00. The Labute approximate surface area is 140 Å². The Bertz CT molecular complexity index is 832. The van der Waals surface area contributed by atoms with Crippen LogP contribution in [0.25, 0.3) is 0 Å². The SMILES string of the molecule is CC(C)c1ccccc1N(CC(=O)O)S(=O)(=O)c1ccc(F)cc1. The molecule has 0 aliphatic heterocycles. The predicted molar refractivity (Wildman–Crippen MR) is 89.1 cm³/mol. The van der Waals surface area contributed by atoms with Crippen LogP contribution in [0.4, 0.5) is 10.1 Å². The molecule has 0 heterocycles. The van der Waals surface area contributed by atoms with Crippen LogP contribution in [0.3, 0.4) is 0 Å². The largest absolute Gasteiger partial charge is 0.480 e. The van der Waals surface area contributed by atoms with E-state index in [0.717, 1.165) is 28.6 Å². The number of hydrogen-bond donors (Lipinski definition) is 1. The summed E-state index contributed by atoms with van der Waals surface area (Å²) >= 11 is 0. The van der Waals surface area contributed by atoms with E-state index in [-0.39, 0.29) is 10.8 Å². The molecule has 7 heteroatoms. The summed E-state index contributed by atoms with van der Waals surface area (Å²) in [7, 11) is -4.14. The number of anilines is 1. The molecule has 2 rings (SSSR count). The summed E-state index contributed by atoms with van der Waals surface area (Å²) in [6.45, 7) is 3.06. The van der Waals surface area contributed by atoms with E-state index in [4.69, 9.17) is 5.11 Å². The number of carboxylic acids is 1. The standard InChI is InChI=1S/C17H18FNO4S/c1-12(2)15-5-3-4-6-16(15)19(11-17(20)21)24(22,23)14-9-7-13(18)8-10-14/h3-10,12H,11H2,1-2H3,(H,20,21). The van der Waals surface area contributed by atoms with Gasteiger partial charge in [-0.3, -0.25) is 9.10 Å². The average Bonchev–Trinajstić information content (AvgIpc) is 2.52. The Kier molecular flexibility index (Phi) is 5.23. The lowest BCUT2D eigenvalue weighted by atomic mass is 10.0. The fourth-order valence-corrected chi connectivity index (χ4v) is 3.80. The van der Waals surface area contributed by atoms with Gasteiger partial charge < -0.3 is 5.11 Å². The lowest BCUT2D eigenvalue weighted by molar-refractivity contribution is -0.135. The molecule has 0 unspecified atom stereocenters. The molecule has 0 fully saturated rings. The molecule has 0 aliphatic rings. The fourth-order valence-electron chi connectivity index (χ4n) is 2.36. The van der Waals surface area contributed by atoms with Gasteiger partial charge in [-0.05, 0) is 41.8 Å². The maximum atomic E-state index is 13.1. The first-order chi connectivity index (χ1) is 11.2. The van der Waals surface area contributed by atoms with Crippen LogP contribution in [0, 0.1) is 5.82 Å². The highest BCUT2D eigenvalue weighted by atomic mass is 32.2. The number of sulfonamides is 1. The minimum Gasteiger partial charge on any atom is -0.480 e. The summed E-state index contributed by atoms with van der Waals surface area (Å²) in [4.78, 5) is 11.1. The molecule has 2 aromatic carbocycles. The molecule has 2 aromatic rings. The van der Waals surface area contributed by atoms with Crippen LogP contribution in [-0.2, 0) is 14.8 Å². The van der Waals surface area contributed by atoms with E-state index >= 15 is 0 Å². The number of aliphatic carboxylic acids is 1. The topological polar surface area (TPSA) is 74.7 Å². The summed E-state index contributed by atoms with van der Waals surface area (Å²) in [5, 5.41) is 9.16. The van der Waals surface area contributed by atoms with Crippen molar-refractivity contribution in [3.8, 4) is 0 Å². The molecule has 0 radical (unpaired) electrons. The molecule has 0 saturated heterocycles. The highest BCUT2D eigenvalue weighted by Gasteiger charge is 2.29. The summed E-state index contributed by atoms with van der Waals surface area (Å²) < 4.78 is 39.7. The highest BCUT2D eigenvalue weighted by Crippen LogP contribution is 2.31. The van der Waals surface area contributed by atoms with E-state index in [1.165, 1.54) is 0 Å². The van der Waals surface area contributed by atoms with Crippen molar-refractivity contribution in [3.63, 3.8) is 0 Å². The van der Waals surface area contributed by atoms with Gasteiger partial charge in [-0.2, -0.15) is 0 Å². The fraction of sp³-hybridized carbons (Fsp3) is 0.235. The Morgan fingerprint density at radius 1 is 1.12 bits per heavy atom. The van der Waals surface area contributed by atoms with Crippen LogP contribution >= 0.6 is 0 Å². The Morgan fingerprint density at radius 2 is 1.71 bits per heavy atom. The monoisotopic (exact) mass is 351 g/mol. The lowest BCUT2D eigenvalue weighted by Crippen LogP contribution is -2.36. The van der Waals surface area contributed by atoms with E-state index in [0.29, 0.717) is 11.3 Å². The molecule has 0 saturated carbocycles. The molecule has 24 heavy (non-hydrogen) atoms. The summed E-state index contributed by atoms with van der Waals surface area (Å²) in [6, 6.07) is 11.0. The van der Waals surface area contributed by atoms with Crippen LogP contribution in [0.15, 0.2) is 53.4 Å². The smallest absolute Gasteiger partial charge is 0.324 e. The average molecular weight is 351 g/mol. The molecule has 0 spiro atoms. The number of rotatable bonds is 6. The van der Waals surface area contributed by atoms with Gasteiger partial charge in [-0.15, -0.1) is 0 Å². The number of carbonyl (C=O) groups is 1. The molecule has 5 nitrogen and oxygen atoms in total. The Hall–Kier alpha value is -2.41. The van der Waals surface area contributed by atoms with Crippen LogP contribution in [0.1, 0.15) is 25.3 Å². The zero-order valence-corrected chi connectivity index (χ0v) is 14.1. The minimum atomic E-state index is -4.14. The van der Waals surface area contributed by atoms with Crippen molar-refractivity contribution in [2.75, 3.05) is 10.8 Å². The van der Waals surface area contributed by atoms with Gasteiger partial charge in [-0.25, -0.2) is 12.8 Å². The van der Waals surface area contributed by atoms with Gasteiger partial charge in [0.2, 0.25) is 0 Å². The number of para-hydroxylation sites is 1. The first-order valence-electron chi connectivity index (χ1n) is 7.32. The third-order valence-corrected chi connectivity index (χ3v) is 5.28. The van der Waals surface area contributed by atoms with E-state index in [1.54, 1.807) is 24.3 Å². The van der Waals surface area contributed by atoms with Crippen molar-refractivity contribution >= 4 is 21.7 Å². The van der Waals surface area contributed by atoms with E-state index in [9.17, 15) is 17.6 Å². The predicted octanol–water partition coefficient (Wildman–Crippen LogP) is 3.23. The number of carboxylic acid groups (broad SMARTS) is 1. The number of nitrogens with zero attached hydrogens (tertiary/aromatic N) is 1. The van der Waals surface area contributed by atoms with Gasteiger partial charge in [0.25, 0.3) is 10.0 Å². The molecular formula is C17H18FNO4S. The highest BCUT2D eigenvalue weighted by molar-refractivity contribution is 7.92. The molecule has 0 aliphatic carbocycles. The Morgan fingerprint density at radius 3 is 2.25 bits per heavy atom.